The van der Waals surface area contributed by atoms with Crippen molar-refractivity contribution in [3.63, 3.8) is 0 Å². The number of allylic oxidation sites excluding steroid dienone is 11. The van der Waals surface area contributed by atoms with Crippen molar-refractivity contribution in [1.82, 2.24) is 4.90 Å². The van der Waals surface area contributed by atoms with Crippen molar-refractivity contribution >= 4 is 0 Å². The first-order valence-corrected chi connectivity index (χ1v) is 8.75. The second-order valence-corrected chi connectivity index (χ2v) is 5.87. The van der Waals surface area contributed by atoms with Gasteiger partial charge in [-0.2, -0.15) is 0 Å². The monoisotopic (exact) mass is 337 g/mol. The summed E-state index contributed by atoms with van der Waals surface area (Å²) >= 11 is 0. The normalized spacial score (nSPS) is 15.0. The number of rotatable bonds is 12. The van der Waals surface area contributed by atoms with Gasteiger partial charge in [-0.15, -0.1) is 0 Å². The van der Waals surface area contributed by atoms with Crippen LogP contribution >= 0.6 is 0 Å². The number of nitrogens with zero attached hydrogens (tertiary/aromatic N) is 1. The molecule has 0 saturated carbocycles. The molecule has 1 aliphatic carbocycles. The summed E-state index contributed by atoms with van der Waals surface area (Å²) in [7, 11) is 1.75. The second kappa shape index (κ2) is 13.2. The first kappa shape index (κ1) is 20.9. The first-order chi connectivity index (χ1) is 12.2. The summed E-state index contributed by atoms with van der Waals surface area (Å²) in [4.78, 5) is 2.44. The quantitative estimate of drug-likeness (QED) is 0.455. The van der Waals surface area contributed by atoms with Crippen LogP contribution in [0.15, 0.2) is 97.2 Å². The minimum absolute atomic E-state index is 0.745. The lowest BCUT2D eigenvalue weighted by molar-refractivity contribution is 0.153. The highest BCUT2D eigenvalue weighted by atomic mass is 16.5. The maximum atomic E-state index is 5.26. The summed E-state index contributed by atoms with van der Waals surface area (Å²) in [6.07, 6.45) is 22.4. The average molecular weight is 338 g/mol. The molecule has 0 radical (unpaired) electrons. The Bertz CT molecular complexity index is 587. The van der Waals surface area contributed by atoms with Crippen molar-refractivity contribution in [3.8, 4) is 0 Å². The largest absolute Gasteiger partial charge is 0.383 e. The van der Waals surface area contributed by atoms with Crippen LogP contribution in [0.2, 0.25) is 0 Å². The molecule has 0 heterocycles. The van der Waals surface area contributed by atoms with Gasteiger partial charge in [-0.05, 0) is 24.0 Å². The molecule has 0 saturated heterocycles. The van der Waals surface area contributed by atoms with Gasteiger partial charge in [0.25, 0.3) is 0 Å². The lowest BCUT2D eigenvalue weighted by Crippen LogP contribution is -2.30. The highest BCUT2D eigenvalue weighted by Gasteiger charge is 2.07. The summed E-state index contributed by atoms with van der Waals surface area (Å²) in [6.45, 7) is 15.0. The van der Waals surface area contributed by atoms with Crippen LogP contribution in [0.25, 0.3) is 0 Å². The molecule has 0 aromatic carbocycles. The third kappa shape index (κ3) is 9.04. The van der Waals surface area contributed by atoms with Crippen LogP contribution in [0.3, 0.4) is 0 Å². The minimum Gasteiger partial charge on any atom is -0.383 e. The summed E-state index contributed by atoms with van der Waals surface area (Å²) in [5, 5.41) is 0. The van der Waals surface area contributed by atoms with Gasteiger partial charge in [0.1, 0.15) is 0 Å². The lowest BCUT2D eigenvalue weighted by Gasteiger charge is -2.22. The highest BCUT2D eigenvalue weighted by molar-refractivity contribution is 5.37. The predicted molar refractivity (Wildman–Crippen MR) is 111 cm³/mol. The zero-order valence-electron chi connectivity index (χ0n) is 15.5. The van der Waals surface area contributed by atoms with E-state index in [1.54, 1.807) is 13.2 Å². The van der Waals surface area contributed by atoms with E-state index in [1.165, 1.54) is 5.57 Å². The molecule has 0 bridgehead atoms. The maximum Gasteiger partial charge on any atom is 0.0589 e. The molecule has 0 unspecified atom stereocenters. The van der Waals surface area contributed by atoms with Crippen LogP contribution < -0.4 is 0 Å². The van der Waals surface area contributed by atoms with Crippen molar-refractivity contribution in [2.24, 2.45) is 0 Å². The van der Waals surface area contributed by atoms with Gasteiger partial charge < -0.3 is 4.74 Å². The molecular formula is C23H31NO. The zero-order valence-corrected chi connectivity index (χ0v) is 15.5. The van der Waals surface area contributed by atoms with Gasteiger partial charge in [0.15, 0.2) is 0 Å². The predicted octanol–water partition coefficient (Wildman–Crippen LogP) is 5.18. The Kier molecular flexibility index (Phi) is 11.0. The number of hydrogen-bond acceptors (Lipinski definition) is 2. The fraction of sp³-hybridized carbons (Fsp3) is 0.304. The van der Waals surface area contributed by atoms with Crippen LogP contribution in [0.4, 0.5) is 0 Å². The molecule has 1 rings (SSSR count). The Labute approximate surface area is 153 Å². The van der Waals surface area contributed by atoms with Crippen LogP contribution in [-0.2, 0) is 4.74 Å². The topological polar surface area (TPSA) is 12.5 Å². The molecule has 0 spiro atoms. The van der Waals surface area contributed by atoms with Gasteiger partial charge in [0, 0.05) is 26.7 Å². The Morgan fingerprint density at radius 2 is 2.08 bits per heavy atom. The molecular weight excluding hydrogens is 306 g/mol. The van der Waals surface area contributed by atoms with E-state index in [4.69, 9.17) is 4.74 Å². The Balaban J connectivity index is 2.62. The molecule has 25 heavy (non-hydrogen) atoms. The van der Waals surface area contributed by atoms with Crippen molar-refractivity contribution in [1.29, 1.82) is 0 Å². The fourth-order valence-electron chi connectivity index (χ4n) is 2.52. The standard InChI is InChI=1S/C23H31NO/c1-5-11-21(6-2)12-8-9-17-24(18-19-25-4)20-23-14-10-13-22(7-3)15-16-23/h5-8,10-13,15-16H,1-3,9,14,17-20H2,4H3/b12-8-,21-11-. The molecule has 2 heteroatoms. The summed E-state index contributed by atoms with van der Waals surface area (Å²) < 4.78 is 5.26. The molecule has 0 fully saturated rings. The van der Waals surface area contributed by atoms with Crippen molar-refractivity contribution in [2.45, 2.75) is 12.8 Å². The van der Waals surface area contributed by atoms with Crippen molar-refractivity contribution < 1.29 is 4.74 Å². The SMILES string of the molecule is C=C/C=C(C=C)\C=C/CCN(CCOC)CC1=CC=C(C=C)C=CC1. The molecule has 2 nitrogen and oxygen atoms in total. The minimum atomic E-state index is 0.745. The van der Waals surface area contributed by atoms with Gasteiger partial charge in [-0.1, -0.05) is 86.1 Å². The summed E-state index contributed by atoms with van der Waals surface area (Å²) in [5.41, 5.74) is 3.65. The molecule has 0 N–H and O–H groups in total. The number of ether oxygens (including phenoxy) is 1. The Morgan fingerprint density at radius 3 is 2.76 bits per heavy atom. The highest BCUT2D eigenvalue weighted by Crippen LogP contribution is 2.13. The van der Waals surface area contributed by atoms with E-state index in [0.717, 1.165) is 50.2 Å². The molecule has 1 aliphatic rings. The van der Waals surface area contributed by atoms with E-state index < -0.39 is 0 Å². The average Bonchev–Trinajstić information content (AvgIpc) is 2.86. The van der Waals surface area contributed by atoms with Gasteiger partial charge in [0.2, 0.25) is 0 Å². The third-order valence-corrected chi connectivity index (χ3v) is 3.94. The molecule has 0 atom stereocenters. The van der Waals surface area contributed by atoms with E-state index in [1.807, 2.05) is 18.2 Å². The third-order valence-electron chi connectivity index (χ3n) is 3.94. The summed E-state index contributed by atoms with van der Waals surface area (Å²) in [6, 6.07) is 0. The number of methoxy groups -OCH3 is 1. The van der Waals surface area contributed by atoms with Gasteiger partial charge >= 0.3 is 0 Å². The molecule has 0 amide bonds. The first-order valence-electron chi connectivity index (χ1n) is 8.75. The van der Waals surface area contributed by atoms with Crippen LogP contribution in [0, 0.1) is 0 Å². The molecule has 0 aromatic heterocycles. The van der Waals surface area contributed by atoms with Crippen LogP contribution in [0.1, 0.15) is 12.8 Å². The van der Waals surface area contributed by atoms with Crippen molar-refractivity contribution in [3.05, 3.63) is 97.2 Å². The van der Waals surface area contributed by atoms with E-state index in [2.05, 4.69) is 61.1 Å². The Hall–Kier alpha value is -2.16. The molecule has 0 aliphatic heterocycles. The van der Waals surface area contributed by atoms with E-state index in [9.17, 15) is 0 Å². The van der Waals surface area contributed by atoms with Crippen LogP contribution in [-0.4, -0.2) is 38.3 Å². The van der Waals surface area contributed by atoms with E-state index >= 15 is 0 Å². The Morgan fingerprint density at radius 1 is 1.24 bits per heavy atom. The number of hydrogen-bond donors (Lipinski definition) is 0. The van der Waals surface area contributed by atoms with E-state index in [-0.39, 0.29) is 0 Å². The summed E-state index contributed by atoms with van der Waals surface area (Å²) in [5.74, 6) is 0. The van der Waals surface area contributed by atoms with Gasteiger partial charge in [0.05, 0.1) is 6.61 Å². The maximum absolute atomic E-state index is 5.26. The molecule has 0 aromatic rings. The second-order valence-electron chi connectivity index (χ2n) is 5.87. The van der Waals surface area contributed by atoms with Crippen LogP contribution in [0.5, 0.6) is 0 Å². The lowest BCUT2D eigenvalue weighted by atomic mass is 10.1. The van der Waals surface area contributed by atoms with E-state index in [0.29, 0.717) is 0 Å². The van der Waals surface area contributed by atoms with Crippen molar-refractivity contribution in [2.75, 3.05) is 33.4 Å². The fourth-order valence-corrected chi connectivity index (χ4v) is 2.52. The zero-order chi connectivity index (χ0) is 18.3. The molecule has 134 valence electrons. The van der Waals surface area contributed by atoms with Gasteiger partial charge in [-0.3, -0.25) is 4.90 Å². The van der Waals surface area contributed by atoms with Gasteiger partial charge in [-0.25, -0.2) is 0 Å². The smallest absolute Gasteiger partial charge is 0.0589 e.